The van der Waals surface area contributed by atoms with Gasteiger partial charge < -0.3 is 10.2 Å². The number of hydrogen-bond donors (Lipinski definition) is 1. The van der Waals surface area contributed by atoms with Gasteiger partial charge in [0.15, 0.2) is 5.65 Å². The molecule has 4 aromatic rings. The molecule has 1 fully saturated rings. The molecule has 0 saturated carbocycles. The monoisotopic (exact) mass is 461 g/mol. The Balaban J connectivity index is 1.28. The number of amides is 2. The number of carbonyl (C=O) groups excluding carboxylic acids is 2. The first-order valence-electron chi connectivity index (χ1n) is 10.5. The molecule has 0 spiro atoms. The van der Waals surface area contributed by atoms with Gasteiger partial charge in [0, 0.05) is 35.6 Å². The number of fused-ring (bicyclic) bond motifs is 1. The largest absolute Gasteiger partial charge is 0.350 e. The number of nitrogens with zero attached hydrogens (tertiary/aromatic N) is 4. The van der Waals surface area contributed by atoms with Crippen LogP contribution in [0.1, 0.15) is 12.0 Å². The number of carbonyl (C=O) groups is 2. The molecule has 1 saturated heterocycles. The lowest BCUT2D eigenvalue weighted by molar-refractivity contribution is -0.122. The van der Waals surface area contributed by atoms with Gasteiger partial charge in [-0.05, 0) is 48.0 Å². The molecule has 0 radical (unpaired) electrons. The molecule has 1 aliphatic heterocycles. The zero-order chi connectivity index (χ0) is 22.9. The highest BCUT2D eigenvalue weighted by molar-refractivity contribution is 6.31. The number of anilines is 2. The van der Waals surface area contributed by atoms with Crippen LogP contribution in [0.5, 0.6) is 0 Å². The van der Waals surface area contributed by atoms with Crippen LogP contribution in [-0.4, -0.2) is 32.5 Å². The first kappa shape index (κ1) is 21.0. The number of halogens is 1. The lowest BCUT2D eigenvalue weighted by Gasteiger charge is -2.17. The third-order valence-corrected chi connectivity index (χ3v) is 5.87. The maximum atomic E-state index is 12.9. The summed E-state index contributed by atoms with van der Waals surface area (Å²) >= 11 is 6.04. The molecule has 2 aromatic heterocycles. The molecule has 1 atom stereocenters. The second-order valence-corrected chi connectivity index (χ2v) is 8.38. The Labute approximate surface area is 194 Å². The summed E-state index contributed by atoms with van der Waals surface area (Å²) < 4.78 is 2.86. The molecule has 1 aliphatic rings. The topological polar surface area (TPSA) is 88.7 Å². The van der Waals surface area contributed by atoms with Crippen LogP contribution >= 0.6 is 11.6 Å². The third-order valence-electron chi connectivity index (χ3n) is 5.63. The first-order valence-corrected chi connectivity index (χ1v) is 10.9. The number of pyridine rings is 1. The van der Waals surface area contributed by atoms with Crippen LogP contribution < -0.4 is 15.9 Å². The van der Waals surface area contributed by atoms with E-state index >= 15 is 0 Å². The summed E-state index contributed by atoms with van der Waals surface area (Å²) in [7, 11) is 0. The molecule has 0 bridgehead atoms. The van der Waals surface area contributed by atoms with Gasteiger partial charge in [0.05, 0.1) is 12.5 Å². The van der Waals surface area contributed by atoms with Crippen LogP contribution in [0, 0.1) is 5.92 Å². The Morgan fingerprint density at radius 3 is 2.73 bits per heavy atom. The highest BCUT2D eigenvalue weighted by atomic mass is 35.5. The molecule has 3 heterocycles. The molecule has 0 aliphatic carbocycles. The van der Waals surface area contributed by atoms with Gasteiger partial charge in [-0.25, -0.2) is 9.48 Å². The van der Waals surface area contributed by atoms with Crippen LogP contribution in [-0.2, 0) is 16.1 Å². The zero-order valence-electron chi connectivity index (χ0n) is 17.5. The fourth-order valence-electron chi connectivity index (χ4n) is 4.01. The third kappa shape index (κ3) is 4.25. The standard InChI is InChI=1S/C24H20ClN5O3/c25-18-6-4-8-20(13-18)29-15-17(12-22(29)31)23(32)26-19-7-3-5-16(11-19)14-30-24(33)28-10-2-1-9-21(28)27-30/h1-11,13,17H,12,14-15H2,(H,26,32). The van der Waals surface area contributed by atoms with Crippen LogP contribution in [0.3, 0.4) is 0 Å². The van der Waals surface area contributed by atoms with Crippen molar-refractivity contribution in [2.24, 2.45) is 5.92 Å². The summed E-state index contributed by atoms with van der Waals surface area (Å²) in [6.45, 7) is 0.565. The fraction of sp³-hybridized carbons (Fsp3) is 0.167. The van der Waals surface area contributed by atoms with Crippen LogP contribution in [0.4, 0.5) is 11.4 Å². The Morgan fingerprint density at radius 1 is 1.06 bits per heavy atom. The minimum Gasteiger partial charge on any atom is -0.326 e. The number of hydrogen-bond acceptors (Lipinski definition) is 4. The summed E-state index contributed by atoms with van der Waals surface area (Å²) in [5, 5.41) is 7.78. The van der Waals surface area contributed by atoms with Crippen LogP contribution in [0.25, 0.3) is 5.65 Å². The predicted molar refractivity (Wildman–Crippen MR) is 126 cm³/mol. The summed E-state index contributed by atoms with van der Waals surface area (Å²) in [6.07, 6.45) is 1.81. The average molecular weight is 462 g/mol. The molecule has 8 nitrogen and oxygen atoms in total. The smallest absolute Gasteiger partial charge is 0.326 e. The lowest BCUT2D eigenvalue weighted by Crippen LogP contribution is -2.28. The van der Waals surface area contributed by atoms with Gasteiger partial charge in [-0.15, -0.1) is 5.10 Å². The van der Waals surface area contributed by atoms with Gasteiger partial charge in [-0.1, -0.05) is 35.9 Å². The van der Waals surface area contributed by atoms with Crippen molar-refractivity contribution in [2.75, 3.05) is 16.8 Å². The molecule has 166 valence electrons. The van der Waals surface area contributed by atoms with E-state index in [4.69, 9.17) is 11.6 Å². The molecule has 2 aromatic carbocycles. The summed E-state index contributed by atoms with van der Waals surface area (Å²) in [6, 6.07) is 19.7. The Hall–Kier alpha value is -3.91. The van der Waals surface area contributed by atoms with E-state index in [1.807, 2.05) is 18.2 Å². The van der Waals surface area contributed by atoms with Gasteiger partial charge in [-0.3, -0.25) is 14.0 Å². The molecule has 1 N–H and O–H groups in total. The molecular formula is C24H20ClN5O3. The minimum absolute atomic E-state index is 0.114. The van der Waals surface area contributed by atoms with E-state index in [1.165, 1.54) is 9.08 Å². The van der Waals surface area contributed by atoms with E-state index in [1.54, 1.807) is 59.6 Å². The average Bonchev–Trinajstić information content (AvgIpc) is 3.34. The van der Waals surface area contributed by atoms with E-state index in [9.17, 15) is 14.4 Å². The van der Waals surface area contributed by atoms with Crippen molar-refractivity contribution in [1.82, 2.24) is 14.2 Å². The van der Waals surface area contributed by atoms with E-state index in [2.05, 4.69) is 10.4 Å². The van der Waals surface area contributed by atoms with Crippen molar-refractivity contribution in [2.45, 2.75) is 13.0 Å². The summed E-state index contributed by atoms with van der Waals surface area (Å²) in [5.74, 6) is -0.812. The zero-order valence-corrected chi connectivity index (χ0v) is 18.3. The first-order chi connectivity index (χ1) is 16.0. The van der Waals surface area contributed by atoms with Gasteiger partial charge in [-0.2, -0.15) is 0 Å². The van der Waals surface area contributed by atoms with E-state index < -0.39 is 5.92 Å². The van der Waals surface area contributed by atoms with Gasteiger partial charge in [0.25, 0.3) is 0 Å². The van der Waals surface area contributed by atoms with Gasteiger partial charge in [0.1, 0.15) is 0 Å². The highest BCUT2D eigenvalue weighted by Crippen LogP contribution is 2.28. The number of rotatable bonds is 5. The van der Waals surface area contributed by atoms with E-state index in [0.29, 0.717) is 28.6 Å². The van der Waals surface area contributed by atoms with E-state index in [0.717, 1.165) is 5.56 Å². The molecule has 33 heavy (non-hydrogen) atoms. The van der Waals surface area contributed by atoms with E-state index in [-0.39, 0.29) is 30.5 Å². The maximum Gasteiger partial charge on any atom is 0.350 e. The Bertz CT molecular complexity index is 1430. The maximum absolute atomic E-state index is 12.9. The van der Waals surface area contributed by atoms with Crippen molar-refractivity contribution in [1.29, 1.82) is 0 Å². The molecule has 5 rings (SSSR count). The van der Waals surface area contributed by atoms with Gasteiger partial charge >= 0.3 is 5.69 Å². The van der Waals surface area contributed by atoms with Crippen molar-refractivity contribution in [3.8, 4) is 0 Å². The van der Waals surface area contributed by atoms with Crippen molar-refractivity contribution < 1.29 is 9.59 Å². The summed E-state index contributed by atoms with van der Waals surface area (Å²) in [4.78, 5) is 39.4. The van der Waals surface area contributed by atoms with Crippen LogP contribution in [0.2, 0.25) is 5.02 Å². The SMILES string of the molecule is O=C(Nc1cccc(Cn2nc3ccccn3c2=O)c1)C1CC(=O)N(c2cccc(Cl)c2)C1. The molecule has 9 heteroatoms. The number of nitrogens with one attached hydrogen (secondary N) is 1. The normalized spacial score (nSPS) is 15.8. The van der Waals surface area contributed by atoms with Crippen molar-refractivity contribution in [3.05, 3.63) is 94.0 Å². The van der Waals surface area contributed by atoms with Crippen molar-refractivity contribution in [3.63, 3.8) is 0 Å². The molecule has 2 amide bonds. The second-order valence-electron chi connectivity index (χ2n) is 7.94. The van der Waals surface area contributed by atoms with Gasteiger partial charge in [0.2, 0.25) is 11.8 Å². The Morgan fingerprint density at radius 2 is 1.91 bits per heavy atom. The number of aromatic nitrogens is 3. The van der Waals surface area contributed by atoms with Crippen molar-refractivity contribution >= 4 is 40.4 Å². The minimum atomic E-state index is -0.471. The Kier molecular flexibility index (Phi) is 5.43. The van der Waals surface area contributed by atoms with Crippen LogP contribution in [0.15, 0.2) is 77.7 Å². The fourth-order valence-corrected chi connectivity index (χ4v) is 4.20. The quantitative estimate of drug-likeness (QED) is 0.494. The molecule has 1 unspecified atom stereocenters. The lowest BCUT2D eigenvalue weighted by atomic mass is 10.1. The summed E-state index contributed by atoms with van der Waals surface area (Å²) in [5.41, 5.74) is 2.44. The highest BCUT2D eigenvalue weighted by Gasteiger charge is 2.35. The number of benzene rings is 2. The molecular weight excluding hydrogens is 442 g/mol. The predicted octanol–water partition coefficient (Wildman–Crippen LogP) is 3.19. The second kappa shape index (κ2) is 8.55.